The SMILES string of the molecule is Cc1cccc2cc(CN(CCN(C)C)C(=O)C3CCCCC3)c(N(C)C)nc12. The Morgan fingerprint density at radius 1 is 1.07 bits per heavy atom. The summed E-state index contributed by atoms with van der Waals surface area (Å²) in [5, 5.41) is 1.14. The zero-order valence-electron chi connectivity index (χ0n) is 18.7. The van der Waals surface area contributed by atoms with Crippen molar-refractivity contribution in [2.24, 2.45) is 5.92 Å². The average molecular weight is 397 g/mol. The molecule has 1 heterocycles. The van der Waals surface area contributed by atoms with E-state index in [0.29, 0.717) is 12.5 Å². The van der Waals surface area contributed by atoms with Crippen molar-refractivity contribution in [1.29, 1.82) is 0 Å². The molecule has 5 nitrogen and oxygen atoms in total. The molecule has 158 valence electrons. The Labute approximate surface area is 175 Å². The minimum atomic E-state index is 0.185. The van der Waals surface area contributed by atoms with Gasteiger partial charge in [-0.15, -0.1) is 0 Å². The zero-order valence-corrected chi connectivity index (χ0v) is 18.7. The van der Waals surface area contributed by atoms with Crippen LogP contribution in [0.1, 0.15) is 43.2 Å². The van der Waals surface area contributed by atoms with Crippen LogP contribution in [0.2, 0.25) is 0 Å². The fraction of sp³-hybridized carbons (Fsp3) is 0.583. The predicted molar refractivity (Wildman–Crippen MR) is 121 cm³/mol. The first-order valence-electron chi connectivity index (χ1n) is 10.9. The van der Waals surface area contributed by atoms with Gasteiger partial charge >= 0.3 is 0 Å². The largest absolute Gasteiger partial charge is 0.362 e. The molecule has 3 rings (SSSR count). The number of pyridine rings is 1. The highest BCUT2D eigenvalue weighted by Crippen LogP contribution is 2.29. The van der Waals surface area contributed by atoms with Gasteiger partial charge in [0.05, 0.1) is 5.52 Å². The number of aryl methyl sites for hydroxylation is 1. The maximum atomic E-state index is 13.4. The summed E-state index contributed by atoms with van der Waals surface area (Å²) in [6, 6.07) is 8.52. The molecule has 0 spiro atoms. The number of fused-ring (bicyclic) bond motifs is 1. The second-order valence-electron chi connectivity index (χ2n) is 8.91. The van der Waals surface area contributed by atoms with Crippen LogP contribution >= 0.6 is 0 Å². The summed E-state index contributed by atoms with van der Waals surface area (Å²) in [5.74, 6) is 1.46. The molecule has 29 heavy (non-hydrogen) atoms. The molecule has 2 aromatic rings. The Hall–Kier alpha value is -2.14. The summed E-state index contributed by atoms with van der Waals surface area (Å²) in [4.78, 5) is 24.6. The lowest BCUT2D eigenvalue weighted by molar-refractivity contribution is -0.137. The number of carbonyl (C=O) groups is 1. The first kappa shape index (κ1) is 21.6. The van der Waals surface area contributed by atoms with Gasteiger partial charge in [-0.25, -0.2) is 4.98 Å². The molecule has 1 aliphatic carbocycles. The van der Waals surface area contributed by atoms with Crippen LogP contribution in [0.5, 0.6) is 0 Å². The van der Waals surface area contributed by atoms with E-state index in [2.05, 4.69) is 60.0 Å². The van der Waals surface area contributed by atoms with E-state index in [1.54, 1.807) is 0 Å². The number of aromatic nitrogens is 1. The van der Waals surface area contributed by atoms with E-state index in [4.69, 9.17) is 4.98 Å². The summed E-state index contributed by atoms with van der Waals surface area (Å²) in [7, 11) is 8.19. The number of amides is 1. The number of benzene rings is 1. The molecule has 0 aliphatic heterocycles. The van der Waals surface area contributed by atoms with Crippen molar-refractivity contribution in [3.05, 3.63) is 35.4 Å². The molecule has 1 amide bonds. The van der Waals surface area contributed by atoms with E-state index in [0.717, 1.165) is 48.2 Å². The third kappa shape index (κ3) is 5.27. The number of carbonyl (C=O) groups excluding carboxylic acids is 1. The Kier molecular flexibility index (Phi) is 7.12. The summed E-state index contributed by atoms with van der Waals surface area (Å²) in [6.07, 6.45) is 5.69. The van der Waals surface area contributed by atoms with E-state index < -0.39 is 0 Å². The Bertz CT molecular complexity index is 840. The molecule has 1 aliphatic rings. The van der Waals surface area contributed by atoms with Gasteiger partial charge < -0.3 is 14.7 Å². The smallest absolute Gasteiger partial charge is 0.226 e. The van der Waals surface area contributed by atoms with Crippen molar-refractivity contribution in [1.82, 2.24) is 14.8 Å². The van der Waals surface area contributed by atoms with Crippen LogP contribution < -0.4 is 4.90 Å². The van der Waals surface area contributed by atoms with Crippen molar-refractivity contribution >= 4 is 22.6 Å². The van der Waals surface area contributed by atoms with Gasteiger partial charge in [0.15, 0.2) is 0 Å². The second-order valence-corrected chi connectivity index (χ2v) is 8.91. The highest BCUT2D eigenvalue weighted by molar-refractivity contribution is 5.85. The molecule has 0 atom stereocenters. The van der Waals surface area contributed by atoms with Crippen molar-refractivity contribution in [3.63, 3.8) is 0 Å². The van der Waals surface area contributed by atoms with Gasteiger partial charge in [-0.3, -0.25) is 4.79 Å². The molecule has 0 N–H and O–H groups in total. The van der Waals surface area contributed by atoms with Crippen LogP contribution in [-0.2, 0) is 11.3 Å². The predicted octanol–water partition coefficient (Wildman–Crippen LogP) is 4.08. The van der Waals surface area contributed by atoms with Crippen LogP contribution in [0.4, 0.5) is 5.82 Å². The fourth-order valence-corrected chi connectivity index (χ4v) is 4.29. The van der Waals surface area contributed by atoms with Gasteiger partial charge in [-0.05, 0) is 45.5 Å². The summed E-state index contributed by atoms with van der Waals surface area (Å²) >= 11 is 0. The van der Waals surface area contributed by atoms with Crippen LogP contribution in [0.3, 0.4) is 0 Å². The lowest BCUT2D eigenvalue weighted by Crippen LogP contribution is -2.40. The molecule has 0 unspecified atom stereocenters. The standard InChI is InChI=1S/C24H36N4O/c1-18-10-9-13-20-16-21(23(27(4)5)25-22(18)20)17-28(15-14-26(2)3)24(29)19-11-7-6-8-12-19/h9-10,13,16,19H,6-8,11-12,14-15,17H2,1-5H3. The van der Waals surface area contributed by atoms with E-state index in [-0.39, 0.29) is 5.92 Å². The number of likely N-dealkylation sites (N-methyl/N-ethyl adjacent to an activating group) is 1. The van der Waals surface area contributed by atoms with Crippen molar-refractivity contribution < 1.29 is 4.79 Å². The Morgan fingerprint density at radius 3 is 2.45 bits per heavy atom. The molecular weight excluding hydrogens is 360 g/mol. The van der Waals surface area contributed by atoms with Crippen molar-refractivity contribution in [3.8, 4) is 0 Å². The number of hydrogen-bond acceptors (Lipinski definition) is 4. The average Bonchev–Trinajstić information content (AvgIpc) is 2.70. The number of anilines is 1. The number of para-hydroxylation sites is 1. The number of rotatable bonds is 7. The third-order valence-corrected chi connectivity index (χ3v) is 5.97. The van der Waals surface area contributed by atoms with Crippen molar-refractivity contribution in [2.75, 3.05) is 46.2 Å². The van der Waals surface area contributed by atoms with Crippen LogP contribution in [0.25, 0.3) is 10.9 Å². The third-order valence-electron chi connectivity index (χ3n) is 5.97. The van der Waals surface area contributed by atoms with Gasteiger partial charge in [0.1, 0.15) is 5.82 Å². The molecule has 1 fully saturated rings. The summed E-state index contributed by atoms with van der Waals surface area (Å²) in [6.45, 7) is 4.34. The van der Waals surface area contributed by atoms with E-state index in [1.165, 1.54) is 24.8 Å². The van der Waals surface area contributed by atoms with Crippen molar-refractivity contribution in [2.45, 2.75) is 45.6 Å². The quantitative estimate of drug-likeness (QED) is 0.707. The Morgan fingerprint density at radius 2 is 1.79 bits per heavy atom. The summed E-state index contributed by atoms with van der Waals surface area (Å²) < 4.78 is 0. The maximum Gasteiger partial charge on any atom is 0.226 e. The van der Waals surface area contributed by atoms with Gasteiger partial charge in [0, 0.05) is 50.6 Å². The molecule has 1 saturated carbocycles. The van der Waals surface area contributed by atoms with Gasteiger partial charge in [-0.1, -0.05) is 37.5 Å². The minimum absolute atomic E-state index is 0.185. The van der Waals surface area contributed by atoms with Crippen LogP contribution in [0.15, 0.2) is 24.3 Å². The van der Waals surface area contributed by atoms with Gasteiger partial charge in [-0.2, -0.15) is 0 Å². The molecule has 0 saturated heterocycles. The van der Waals surface area contributed by atoms with E-state index in [9.17, 15) is 4.79 Å². The maximum absolute atomic E-state index is 13.4. The minimum Gasteiger partial charge on any atom is -0.362 e. The Balaban J connectivity index is 1.93. The van der Waals surface area contributed by atoms with Crippen LogP contribution in [0, 0.1) is 12.8 Å². The number of nitrogens with zero attached hydrogens (tertiary/aromatic N) is 4. The molecule has 1 aromatic heterocycles. The highest BCUT2D eigenvalue weighted by Gasteiger charge is 2.27. The molecule has 0 radical (unpaired) electrons. The molecule has 1 aromatic carbocycles. The monoisotopic (exact) mass is 396 g/mol. The first-order valence-corrected chi connectivity index (χ1v) is 10.9. The zero-order chi connectivity index (χ0) is 21.0. The van der Waals surface area contributed by atoms with Gasteiger partial charge in [0.2, 0.25) is 5.91 Å². The van der Waals surface area contributed by atoms with E-state index >= 15 is 0 Å². The molecule has 5 heteroatoms. The molecule has 0 bridgehead atoms. The van der Waals surface area contributed by atoms with Gasteiger partial charge in [0.25, 0.3) is 0 Å². The summed E-state index contributed by atoms with van der Waals surface area (Å²) in [5.41, 5.74) is 3.34. The number of hydrogen-bond donors (Lipinski definition) is 0. The lowest BCUT2D eigenvalue weighted by atomic mass is 9.88. The highest BCUT2D eigenvalue weighted by atomic mass is 16.2. The lowest BCUT2D eigenvalue weighted by Gasteiger charge is -2.31. The topological polar surface area (TPSA) is 39.7 Å². The van der Waals surface area contributed by atoms with Crippen LogP contribution in [-0.4, -0.2) is 62.0 Å². The van der Waals surface area contributed by atoms with E-state index in [1.807, 2.05) is 14.1 Å². The molecular formula is C24H36N4O. The second kappa shape index (κ2) is 9.57. The normalized spacial score (nSPS) is 15.1. The fourth-order valence-electron chi connectivity index (χ4n) is 4.29. The first-order chi connectivity index (χ1) is 13.9.